The summed E-state index contributed by atoms with van der Waals surface area (Å²) in [6, 6.07) is 0.938. The second-order valence-electron chi connectivity index (χ2n) is 5.37. The smallest absolute Gasteiger partial charge is 0.417 e. The van der Waals surface area contributed by atoms with Crippen molar-refractivity contribution >= 4 is 27.8 Å². The molecule has 0 radical (unpaired) electrons. The van der Waals surface area contributed by atoms with E-state index in [2.05, 4.69) is 15.1 Å². The zero-order chi connectivity index (χ0) is 19.8. The van der Waals surface area contributed by atoms with Gasteiger partial charge in [-0.2, -0.15) is 18.2 Å². The number of thiazole rings is 1. The Labute approximate surface area is 155 Å². The number of pyridine rings is 1. The van der Waals surface area contributed by atoms with Crippen LogP contribution in [0, 0.1) is 6.92 Å². The minimum atomic E-state index is -4.51. The molecule has 0 bridgehead atoms. The van der Waals surface area contributed by atoms with Gasteiger partial charge in [0.25, 0.3) is 0 Å². The van der Waals surface area contributed by atoms with Crippen molar-refractivity contribution < 1.29 is 27.4 Å². The van der Waals surface area contributed by atoms with Crippen molar-refractivity contribution in [3.63, 3.8) is 0 Å². The summed E-state index contributed by atoms with van der Waals surface area (Å²) in [6.45, 7) is 1.70. The van der Waals surface area contributed by atoms with Gasteiger partial charge in [0.15, 0.2) is 5.82 Å². The standard InChI is InChI=1S/C16H13F3N4O3S/c1-8-12(11(7-25-2)14(24)26-3)27-15-21-13(22-23(8)15)9-4-10(6-20-5-9)16(17,18)19/h4-7H,1-3H3/b11-7+. The lowest BCUT2D eigenvalue weighted by molar-refractivity contribution is -0.138. The summed E-state index contributed by atoms with van der Waals surface area (Å²) in [5, 5.41) is 4.24. The summed E-state index contributed by atoms with van der Waals surface area (Å²) in [5.41, 5.74) is 0.0216. The van der Waals surface area contributed by atoms with E-state index in [0.29, 0.717) is 15.5 Å². The molecule has 3 aromatic heterocycles. The highest BCUT2D eigenvalue weighted by Gasteiger charge is 2.31. The molecule has 3 rings (SSSR count). The Morgan fingerprint density at radius 2 is 2.04 bits per heavy atom. The lowest BCUT2D eigenvalue weighted by Crippen LogP contribution is -2.06. The van der Waals surface area contributed by atoms with Crippen molar-refractivity contribution in [1.82, 2.24) is 19.6 Å². The Morgan fingerprint density at radius 3 is 2.63 bits per heavy atom. The first-order valence-corrected chi connectivity index (χ1v) is 8.28. The van der Waals surface area contributed by atoms with Gasteiger partial charge in [0.1, 0.15) is 5.57 Å². The summed E-state index contributed by atoms with van der Waals surface area (Å²) in [7, 11) is 2.64. The number of aryl methyl sites for hydroxylation is 1. The molecule has 0 atom stereocenters. The van der Waals surface area contributed by atoms with Gasteiger partial charge in [-0.1, -0.05) is 11.3 Å². The number of carbonyl (C=O) groups excluding carboxylic acids is 1. The maximum atomic E-state index is 12.9. The van der Waals surface area contributed by atoms with Gasteiger partial charge in [0, 0.05) is 18.0 Å². The first-order valence-electron chi connectivity index (χ1n) is 7.46. The molecule has 0 aromatic carbocycles. The quantitative estimate of drug-likeness (QED) is 0.381. The van der Waals surface area contributed by atoms with Crippen LogP contribution in [0.4, 0.5) is 13.2 Å². The van der Waals surface area contributed by atoms with E-state index in [0.717, 1.165) is 23.6 Å². The molecule has 0 aliphatic rings. The normalized spacial score (nSPS) is 12.4. The summed E-state index contributed by atoms with van der Waals surface area (Å²) in [5.74, 6) is -0.489. The van der Waals surface area contributed by atoms with E-state index >= 15 is 0 Å². The van der Waals surface area contributed by atoms with E-state index in [1.54, 1.807) is 6.92 Å². The van der Waals surface area contributed by atoms with Gasteiger partial charge in [-0.05, 0) is 13.0 Å². The van der Waals surface area contributed by atoms with Crippen molar-refractivity contribution in [3.8, 4) is 11.4 Å². The molecule has 7 nitrogen and oxygen atoms in total. The number of halogens is 3. The second-order valence-corrected chi connectivity index (χ2v) is 6.34. The molecule has 3 heterocycles. The van der Waals surface area contributed by atoms with Gasteiger partial charge in [-0.25, -0.2) is 9.31 Å². The average Bonchev–Trinajstić information content (AvgIpc) is 3.18. The minimum absolute atomic E-state index is 0.102. The maximum absolute atomic E-state index is 12.9. The molecule has 0 unspecified atom stereocenters. The predicted octanol–water partition coefficient (Wildman–Crippen LogP) is 3.34. The molecule has 0 saturated heterocycles. The van der Waals surface area contributed by atoms with Gasteiger partial charge in [-0.3, -0.25) is 4.98 Å². The Balaban J connectivity index is 2.06. The number of rotatable bonds is 4. The molecule has 0 aliphatic carbocycles. The van der Waals surface area contributed by atoms with Crippen LogP contribution in [0.3, 0.4) is 0 Å². The molecule has 11 heteroatoms. The van der Waals surface area contributed by atoms with Crippen molar-refractivity contribution in [2.24, 2.45) is 0 Å². The molecule has 142 valence electrons. The van der Waals surface area contributed by atoms with Crippen LogP contribution in [-0.4, -0.2) is 39.8 Å². The largest absolute Gasteiger partial charge is 0.503 e. The summed E-state index contributed by atoms with van der Waals surface area (Å²) in [6.07, 6.45) is -1.26. The molecular weight excluding hydrogens is 385 g/mol. The van der Waals surface area contributed by atoms with E-state index in [1.165, 1.54) is 31.2 Å². The van der Waals surface area contributed by atoms with Gasteiger partial charge in [-0.15, -0.1) is 5.10 Å². The summed E-state index contributed by atoms with van der Waals surface area (Å²) >= 11 is 1.14. The Bertz CT molecular complexity index is 1040. The fourth-order valence-electron chi connectivity index (χ4n) is 2.36. The number of hydrogen-bond acceptors (Lipinski definition) is 7. The fraction of sp³-hybridized carbons (Fsp3) is 0.250. The van der Waals surface area contributed by atoms with E-state index in [9.17, 15) is 18.0 Å². The Hall–Kier alpha value is -2.95. The van der Waals surface area contributed by atoms with E-state index < -0.39 is 17.7 Å². The monoisotopic (exact) mass is 398 g/mol. The number of aromatic nitrogens is 4. The zero-order valence-corrected chi connectivity index (χ0v) is 15.2. The number of fused-ring (bicyclic) bond motifs is 1. The lowest BCUT2D eigenvalue weighted by Gasteiger charge is -2.06. The molecule has 0 N–H and O–H groups in total. The molecular formula is C16H13F3N4O3S. The topological polar surface area (TPSA) is 78.6 Å². The number of ether oxygens (including phenoxy) is 2. The van der Waals surface area contributed by atoms with Crippen LogP contribution in [-0.2, 0) is 20.4 Å². The van der Waals surface area contributed by atoms with E-state index in [-0.39, 0.29) is 17.0 Å². The molecule has 0 spiro atoms. The highest BCUT2D eigenvalue weighted by Crippen LogP contribution is 2.33. The fourth-order valence-corrected chi connectivity index (χ4v) is 3.41. The van der Waals surface area contributed by atoms with Gasteiger partial charge < -0.3 is 9.47 Å². The number of esters is 1. The molecule has 0 saturated carbocycles. The van der Waals surface area contributed by atoms with Gasteiger partial charge >= 0.3 is 12.1 Å². The van der Waals surface area contributed by atoms with Gasteiger partial charge in [0.05, 0.1) is 36.6 Å². The van der Waals surface area contributed by atoms with Gasteiger partial charge in [0.2, 0.25) is 4.96 Å². The van der Waals surface area contributed by atoms with Crippen molar-refractivity contribution in [2.45, 2.75) is 13.1 Å². The summed E-state index contributed by atoms with van der Waals surface area (Å²) in [4.78, 5) is 20.8. The first-order chi connectivity index (χ1) is 12.8. The number of hydrogen-bond donors (Lipinski definition) is 0. The van der Waals surface area contributed by atoms with Crippen LogP contribution >= 0.6 is 11.3 Å². The van der Waals surface area contributed by atoms with Crippen LogP contribution in [0.1, 0.15) is 16.1 Å². The Morgan fingerprint density at radius 1 is 1.30 bits per heavy atom. The zero-order valence-electron chi connectivity index (χ0n) is 14.4. The van der Waals surface area contributed by atoms with Crippen LogP contribution in [0.15, 0.2) is 24.7 Å². The van der Waals surface area contributed by atoms with Crippen molar-refractivity contribution in [2.75, 3.05) is 14.2 Å². The number of carbonyl (C=O) groups is 1. The maximum Gasteiger partial charge on any atom is 0.417 e. The molecule has 0 amide bonds. The van der Waals surface area contributed by atoms with Crippen LogP contribution < -0.4 is 0 Å². The van der Waals surface area contributed by atoms with Crippen molar-refractivity contribution in [3.05, 3.63) is 40.9 Å². The van der Waals surface area contributed by atoms with E-state index in [4.69, 9.17) is 9.47 Å². The number of alkyl halides is 3. The third-order valence-electron chi connectivity index (χ3n) is 3.63. The third-order valence-corrected chi connectivity index (χ3v) is 4.79. The predicted molar refractivity (Wildman–Crippen MR) is 90.8 cm³/mol. The lowest BCUT2D eigenvalue weighted by atomic mass is 10.2. The number of nitrogens with zero attached hydrogens (tertiary/aromatic N) is 4. The minimum Gasteiger partial charge on any atom is -0.503 e. The van der Waals surface area contributed by atoms with Crippen molar-refractivity contribution in [1.29, 1.82) is 0 Å². The van der Waals surface area contributed by atoms with Crippen LogP contribution in [0.2, 0.25) is 0 Å². The number of methoxy groups -OCH3 is 2. The van der Waals surface area contributed by atoms with E-state index in [1.807, 2.05) is 0 Å². The third kappa shape index (κ3) is 3.50. The average molecular weight is 398 g/mol. The second kappa shape index (κ2) is 6.99. The molecule has 27 heavy (non-hydrogen) atoms. The SMILES string of the molecule is CO/C=C(/C(=O)OC)c1sc2nc(-c3cncc(C(F)(F)F)c3)nn2c1C. The summed E-state index contributed by atoms with van der Waals surface area (Å²) < 4.78 is 49.7. The van der Waals surface area contributed by atoms with Crippen LogP contribution in [0.5, 0.6) is 0 Å². The van der Waals surface area contributed by atoms with Crippen LogP contribution in [0.25, 0.3) is 21.9 Å². The highest BCUT2D eigenvalue weighted by molar-refractivity contribution is 7.18. The Kier molecular flexibility index (Phi) is 4.87. The first kappa shape index (κ1) is 18.8. The molecule has 0 fully saturated rings. The molecule has 3 aromatic rings. The highest BCUT2D eigenvalue weighted by atomic mass is 32.1. The molecule has 0 aliphatic heterocycles.